The molecule has 2 atom stereocenters. The van der Waals surface area contributed by atoms with E-state index in [-0.39, 0.29) is 41.6 Å². The smallest absolute Gasteiger partial charge is 0.366 e. The molecule has 2 unspecified atom stereocenters. The lowest BCUT2D eigenvalue weighted by Crippen LogP contribution is -2.37. The fourth-order valence-electron chi connectivity index (χ4n) is 5.85. The van der Waals surface area contributed by atoms with Crippen molar-refractivity contribution in [3.8, 4) is 11.1 Å². The Morgan fingerprint density at radius 2 is 1.73 bits per heavy atom. The molecule has 2 aromatic heterocycles. The summed E-state index contributed by atoms with van der Waals surface area (Å²) in [6.45, 7) is 1.64. The molecule has 5 rings (SSSR count). The standard InChI is InChI=1S/C32H29F6N5O2/c1-2-26(43-27-8-4-3-6-22(27)29(42-43)32(36,37)38)31(45)41-25(14-17-12-19(33)16-20(34)13-17)28-21(7-5-11-40-28)18-9-10-24(35)23(15-18)30(39)44/h5,7,9-13,15-16,25-26H,2-4,6,8,14H2,1H3,(H2,39,44)(H,41,45). The van der Waals surface area contributed by atoms with Crippen LogP contribution >= 0.6 is 0 Å². The molecule has 0 radical (unpaired) electrons. The number of benzene rings is 2. The Morgan fingerprint density at radius 3 is 2.40 bits per heavy atom. The van der Waals surface area contributed by atoms with E-state index >= 15 is 0 Å². The largest absolute Gasteiger partial charge is 0.435 e. The van der Waals surface area contributed by atoms with Gasteiger partial charge in [0.15, 0.2) is 5.69 Å². The van der Waals surface area contributed by atoms with E-state index in [4.69, 9.17) is 5.73 Å². The SMILES string of the molecule is CCC(C(=O)NC(Cc1cc(F)cc(F)c1)c1ncccc1-c1ccc(F)c(C(N)=O)c1)n1nc(C(F)(F)F)c2c1CCCC2. The highest BCUT2D eigenvalue weighted by atomic mass is 19.4. The highest BCUT2D eigenvalue weighted by Crippen LogP contribution is 2.38. The van der Waals surface area contributed by atoms with E-state index in [1.165, 1.54) is 18.3 Å². The maximum absolute atomic E-state index is 14.3. The van der Waals surface area contributed by atoms with Gasteiger partial charge in [-0.05, 0) is 80.0 Å². The van der Waals surface area contributed by atoms with Crippen LogP contribution in [0.5, 0.6) is 0 Å². The van der Waals surface area contributed by atoms with Gasteiger partial charge >= 0.3 is 6.18 Å². The van der Waals surface area contributed by atoms with Crippen LogP contribution < -0.4 is 11.1 Å². The van der Waals surface area contributed by atoms with Gasteiger partial charge in [-0.15, -0.1) is 0 Å². The predicted molar refractivity (Wildman–Crippen MR) is 152 cm³/mol. The van der Waals surface area contributed by atoms with E-state index in [1.807, 2.05) is 0 Å². The molecule has 45 heavy (non-hydrogen) atoms. The topological polar surface area (TPSA) is 103 Å². The molecule has 4 aromatic rings. The van der Waals surface area contributed by atoms with Gasteiger partial charge in [-0.25, -0.2) is 13.2 Å². The zero-order valence-corrected chi connectivity index (χ0v) is 24.1. The average Bonchev–Trinajstić information content (AvgIpc) is 3.37. The first-order valence-electron chi connectivity index (χ1n) is 14.3. The minimum absolute atomic E-state index is 0.0837. The quantitative estimate of drug-likeness (QED) is 0.209. The van der Waals surface area contributed by atoms with E-state index < -0.39 is 53.2 Å². The number of rotatable bonds is 9. The highest BCUT2D eigenvalue weighted by Gasteiger charge is 2.41. The van der Waals surface area contributed by atoms with Gasteiger partial charge in [-0.2, -0.15) is 18.3 Å². The van der Waals surface area contributed by atoms with Crippen molar-refractivity contribution in [2.24, 2.45) is 5.73 Å². The molecule has 0 saturated carbocycles. The normalized spacial score (nSPS) is 14.5. The number of alkyl halides is 3. The van der Waals surface area contributed by atoms with Gasteiger partial charge in [0, 0.05) is 29.1 Å². The van der Waals surface area contributed by atoms with Gasteiger partial charge < -0.3 is 11.1 Å². The van der Waals surface area contributed by atoms with Crippen molar-refractivity contribution in [1.29, 1.82) is 0 Å². The third-order valence-electron chi connectivity index (χ3n) is 7.85. The number of nitrogens with two attached hydrogens (primary N) is 1. The molecular weight excluding hydrogens is 600 g/mol. The minimum atomic E-state index is -4.70. The van der Waals surface area contributed by atoms with E-state index in [1.54, 1.807) is 19.1 Å². The highest BCUT2D eigenvalue weighted by molar-refractivity contribution is 5.94. The number of pyridine rings is 1. The number of nitrogens with zero attached hydrogens (tertiary/aromatic N) is 3. The van der Waals surface area contributed by atoms with Crippen LogP contribution in [0.3, 0.4) is 0 Å². The Kier molecular flexibility index (Phi) is 8.98. The lowest BCUT2D eigenvalue weighted by molar-refractivity contribution is -0.142. The third-order valence-corrected chi connectivity index (χ3v) is 7.85. The Bertz CT molecular complexity index is 1730. The van der Waals surface area contributed by atoms with Gasteiger partial charge in [0.05, 0.1) is 17.3 Å². The van der Waals surface area contributed by atoms with Gasteiger partial charge in [0.2, 0.25) is 5.91 Å². The summed E-state index contributed by atoms with van der Waals surface area (Å²) in [7, 11) is 0. The summed E-state index contributed by atoms with van der Waals surface area (Å²) in [6, 6.07) is 7.48. The second-order valence-corrected chi connectivity index (χ2v) is 10.9. The molecule has 2 amide bonds. The molecule has 0 aliphatic heterocycles. The zero-order valence-electron chi connectivity index (χ0n) is 24.1. The first-order chi connectivity index (χ1) is 21.4. The fourth-order valence-corrected chi connectivity index (χ4v) is 5.85. The minimum Gasteiger partial charge on any atom is -0.366 e. The first kappa shape index (κ1) is 31.7. The van der Waals surface area contributed by atoms with Gasteiger partial charge in [0.1, 0.15) is 23.5 Å². The van der Waals surface area contributed by atoms with Gasteiger partial charge in [-0.1, -0.05) is 19.1 Å². The first-order valence-corrected chi connectivity index (χ1v) is 14.3. The molecule has 1 aliphatic rings. The molecule has 0 bridgehead atoms. The van der Waals surface area contributed by atoms with Crippen LogP contribution in [0, 0.1) is 17.5 Å². The maximum Gasteiger partial charge on any atom is 0.435 e. The fraction of sp³-hybridized carbons (Fsp3) is 0.312. The van der Waals surface area contributed by atoms with Crippen molar-refractivity contribution in [2.75, 3.05) is 0 Å². The molecule has 3 N–H and O–H groups in total. The summed E-state index contributed by atoms with van der Waals surface area (Å²) in [4.78, 5) is 30.2. The van der Waals surface area contributed by atoms with Crippen molar-refractivity contribution in [1.82, 2.24) is 20.1 Å². The summed E-state index contributed by atoms with van der Waals surface area (Å²) in [6.07, 6.45) is -1.63. The molecular formula is C32H29F6N5O2. The summed E-state index contributed by atoms with van der Waals surface area (Å²) in [5, 5.41) is 6.71. The van der Waals surface area contributed by atoms with Crippen LogP contribution in [0.2, 0.25) is 0 Å². The number of primary amides is 1. The summed E-state index contributed by atoms with van der Waals surface area (Å²) in [5.74, 6) is -4.24. The van der Waals surface area contributed by atoms with E-state index in [2.05, 4.69) is 15.4 Å². The lowest BCUT2D eigenvalue weighted by Gasteiger charge is -2.26. The Labute approximate surface area is 254 Å². The second kappa shape index (κ2) is 12.7. The summed E-state index contributed by atoms with van der Waals surface area (Å²) >= 11 is 0. The van der Waals surface area contributed by atoms with E-state index in [0.717, 1.165) is 22.9 Å². The van der Waals surface area contributed by atoms with Gasteiger partial charge in [0.25, 0.3) is 5.91 Å². The van der Waals surface area contributed by atoms with E-state index in [9.17, 15) is 35.9 Å². The molecule has 0 spiro atoms. The number of fused-ring (bicyclic) bond motifs is 1. The predicted octanol–water partition coefficient (Wildman–Crippen LogP) is 6.41. The Balaban J connectivity index is 1.58. The Hall–Kier alpha value is -4.68. The van der Waals surface area contributed by atoms with Crippen LogP contribution in [0.15, 0.2) is 54.7 Å². The van der Waals surface area contributed by atoms with Gasteiger partial charge in [-0.3, -0.25) is 19.3 Å². The molecule has 7 nitrogen and oxygen atoms in total. The maximum atomic E-state index is 14.3. The third kappa shape index (κ3) is 6.71. The van der Waals surface area contributed by atoms with Crippen molar-refractivity contribution < 1.29 is 35.9 Å². The number of carbonyl (C=O) groups excluding carboxylic acids is 2. The van der Waals surface area contributed by atoms with Crippen molar-refractivity contribution in [3.05, 3.63) is 106 Å². The molecule has 236 valence electrons. The number of aromatic nitrogens is 3. The molecule has 0 saturated heterocycles. The monoisotopic (exact) mass is 629 g/mol. The van der Waals surface area contributed by atoms with Crippen LogP contribution in [-0.2, 0) is 30.2 Å². The number of carbonyl (C=O) groups is 2. The van der Waals surface area contributed by atoms with Crippen molar-refractivity contribution >= 4 is 11.8 Å². The molecule has 0 fully saturated rings. The lowest BCUT2D eigenvalue weighted by atomic mass is 9.94. The number of halogens is 6. The molecule has 13 heteroatoms. The molecule has 2 heterocycles. The van der Waals surface area contributed by atoms with Crippen LogP contribution in [-0.4, -0.2) is 26.6 Å². The summed E-state index contributed by atoms with van der Waals surface area (Å²) in [5.41, 5.74) is 5.41. The number of hydrogen-bond donors (Lipinski definition) is 2. The van der Waals surface area contributed by atoms with Crippen LogP contribution in [0.25, 0.3) is 11.1 Å². The second-order valence-electron chi connectivity index (χ2n) is 10.9. The number of nitrogens with one attached hydrogen (secondary N) is 1. The van der Waals surface area contributed by atoms with E-state index in [0.29, 0.717) is 42.1 Å². The molecule has 1 aliphatic carbocycles. The van der Waals surface area contributed by atoms with Crippen LogP contribution in [0.1, 0.15) is 76.8 Å². The van der Waals surface area contributed by atoms with Crippen molar-refractivity contribution in [3.63, 3.8) is 0 Å². The summed E-state index contributed by atoms with van der Waals surface area (Å²) < 4.78 is 85.5. The Morgan fingerprint density at radius 1 is 1.02 bits per heavy atom. The zero-order chi connectivity index (χ0) is 32.5. The number of amides is 2. The average molecular weight is 630 g/mol. The number of hydrogen-bond acceptors (Lipinski definition) is 4. The van der Waals surface area contributed by atoms with Crippen LogP contribution in [0.4, 0.5) is 26.3 Å². The molecule has 2 aromatic carbocycles. The van der Waals surface area contributed by atoms with Crippen molar-refractivity contribution in [2.45, 2.75) is 63.7 Å².